The molecule has 9 heteroatoms. The maximum atomic E-state index is 9.20. The van der Waals surface area contributed by atoms with Gasteiger partial charge in [-0.2, -0.15) is 0 Å². The monoisotopic (exact) mass is 341 g/mol. The van der Waals surface area contributed by atoms with E-state index in [4.69, 9.17) is 20.7 Å². The number of nitrogens with two attached hydrogens (primary N) is 1. The van der Waals surface area contributed by atoms with Gasteiger partial charge in [-0.15, -0.1) is 0 Å². The van der Waals surface area contributed by atoms with E-state index in [-0.39, 0.29) is 14.9 Å². The van der Waals surface area contributed by atoms with E-state index in [1.165, 1.54) is 0 Å². The van der Waals surface area contributed by atoms with Crippen molar-refractivity contribution in [1.82, 2.24) is 0 Å². The van der Waals surface area contributed by atoms with Crippen LogP contribution >= 0.6 is 19.6 Å². The van der Waals surface area contributed by atoms with Gasteiger partial charge in [-0.3, -0.25) is 0 Å². The first kappa shape index (κ1) is 15.9. The molecular formula is C6H13MoNO5S2. The van der Waals surface area contributed by atoms with Crippen molar-refractivity contribution in [2.24, 2.45) is 5.73 Å². The van der Waals surface area contributed by atoms with Gasteiger partial charge in [-0.25, -0.2) is 0 Å². The molecule has 1 unspecified atom stereocenters. The Hall–Kier alpha value is 0.888. The molecule has 0 aromatic heterocycles. The predicted octanol–water partition coefficient (Wildman–Crippen LogP) is -1.96. The van der Waals surface area contributed by atoms with E-state index in [9.17, 15) is 10.2 Å². The summed E-state index contributed by atoms with van der Waals surface area (Å²) in [6.07, 6.45) is -4.85. The van der Waals surface area contributed by atoms with Crippen molar-refractivity contribution >= 4 is 19.6 Å². The molecule has 1 aliphatic heterocycles. The van der Waals surface area contributed by atoms with Crippen LogP contribution < -0.4 is 5.73 Å². The molecule has 0 aromatic carbocycles. The second-order valence-electron chi connectivity index (χ2n) is 2.87. The number of ether oxygens (including phenoxy) is 1. The zero-order valence-corrected chi connectivity index (χ0v) is 11.2. The van der Waals surface area contributed by atoms with Gasteiger partial charge in [0.15, 0.2) is 6.29 Å². The molecule has 1 fully saturated rings. The fourth-order valence-electron chi connectivity index (χ4n) is 1.12. The van der Waals surface area contributed by atoms with Gasteiger partial charge in [0.05, 0.1) is 12.6 Å². The molecule has 0 saturated carbocycles. The Morgan fingerprint density at radius 2 is 1.67 bits per heavy atom. The van der Waals surface area contributed by atoms with Crippen molar-refractivity contribution in [3.8, 4) is 0 Å². The van der Waals surface area contributed by atoms with Gasteiger partial charge < -0.3 is 30.9 Å². The van der Waals surface area contributed by atoms with Gasteiger partial charge in [0.25, 0.3) is 0 Å². The third-order valence-electron chi connectivity index (χ3n) is 1.95. The van der Waals surface area contributed by atoms with Crippen molar-refractivity contribution in [2.75, 3.05) is 6.61 Å². The van der Waals surface area contributed by atoms with Crippen LogP contribution in [0.25, 0.3) is 0 Å². The summed E-state index contributed by atoms with van der Waals surface area (Å²) in [5, 5.41) is 36.1. The van der Waals surface area contributed by atoms with Gasteiger partial charge in [0.2, 0.25) is 0 Å². The van der Waals surface area contributed by atoms with E-state index in [1.807, 2.05) is 0 Å². The average Bonchev–Trinajstić information content (AvgIpc) is 2.21. The van der Waals surface area contributed by atoms with E-state index in [1.54, 1.807) is 0 Å². The Morgan fingerprint density at radius 1 is 1.20 bits per heavy atom. The topological polar surface area (TPSA) is 116 Å². The summed E-state index contributed by atoms with van der Waals surface area (Å²) >= 11 is -0.363. The van der Waals surface area contributed by atoms with Gasteiger partial charge in [-0.05, 0) is 0 Å². The molecule has 6 nitrogen and oxygen atoms in total. The van der Waals surface area contributed by atoms with Gasteiger partial charge in [0.1, 0.15) is 18.3 Å². The third kappa shape index (κ3) is 4.72. The van der Waals surface area contributed by atoms with Crippen LogP contribution in [0.3, 0.4) is 0 Å². The minimum absolute atomic E-state index is 0.363. The Kier molecular flexibility index (Phi) is 8.53. The van der Waals surface area contributed by atoms with Crippen LogP contribution in [0.5, 0.6) is 0 Å². The first-order valence-corrected chi connectivity index (χ1v) is 9.55. The van der Waals surface area contributed by atoms with E-state index >= 15 is 0 Å². The first-order valence-electron chi connectivity index (χ1n) is 3.97. The van der Waals surface area contributed by atoms with Crippen LogP contribution in [-0.2, 0) is 19.7 Å². The van der Waals surface area contributed by atoms with E-state index < -0.39 is 37.3 Å². The molecule has 0 radical (unpaired) electrons. The van der Waals surface area contributed by atoms with Crippen LogP contribution in [-0.4, -0.2) is 57.7 Å². The van der Waals surface area contributed by atoms with Crippen LogP contribution in [0.15, 0.2) is 0 Å². The quantitative estimate of drug-likeness (QED) is 0.350. The molecule has 1 rings (SSSR count). The minimum atomic E-state index is -1.35. The Morgan fingerprint density at radius 3 is 2.07 bits per heavy atom. The summed E-state index contributed by atoms with van der Waals surface area (Å²) in [7, 11) is 8.68. The zero-order chi connectivity index (χ0) is 12.0. The molecule has 15 heavy (non-hydrogen) atoms. The summed E-state index contributed by atoms with van der Waals surface area (Å²) in [4.78, 5) is 0. The molecule has 0 amide bonds. The normalized spacial score (nSPS) is 40.2. The summed E-state index contributed by atoms with van der Waals surface area (Å²) in [6, 6.07) is -1.04. The number of aliphatic hydroxyl groups is 4. The van der Waals surface area contributed by atoms with Crippen LogP contribution in [0.1, 0.15) is 0 Å². The van der Waals surface area contributed by atoms with Crippen molar-refractivity contribution in [3.63, 3.8) is 0 Å². The summed E-state index contributed by atoms with van der Waals surface area (Å²) in [5.74, 6) is 0. The van der Waals surface area contributed by atoms with E-state index in [0.717, 1.165) is 0 Å². The van der Waals surface area contributed by atoms with Crippen LogP contribution in [0, 0.1) is 0 Å². The maximum absolute atomic E-state index is 9.20. The van der Waals surface area contributed by atoms with Crippen molar-refractivity contribution in [3.05, 3.63) is 0 Å². The molecule has 1 heterocycles. The molecule has 6 N–H and O–H groups in total. The molecular weight excluding hydrogens is 326 g/mol. The van der Waals surface area contributed by atoms with E-state index in [0.29, 0.717) is 0 Å². The Bertz CT molecular complexity index is 223. The van der Waals surface area contributed by atoms with Crippen LogP contribution in [0.2, 0.25) is 0 Å². The van der Waals surface area contributed by atoms with Crippen molar-refractivity contribution < 1.29 is 40.1 Å². The molecule has 1 saturated heterocycles. The summed E-state index contributed by atoms with van der Waals surface area (Å²) < 4.78 is 4.70. The molecule has 1 aliphatic rings. The molecule has 5 atom stereocenters. The summed E-state index contributed by atoms with van der Waals surface area (Å²) in [6.45, 7) is -0.470. The SMILES string of the molecule is N[C@H]1C(O)O[C@H](CO)[C@H](O)[C@@H]1O.[S]=[Mo]=[S]. The number of hydrogen-bond acceptors (Lipinski definition) is 8. The van der Waals surface area contributed by atoms with Crippen LogP contribution in [0.4, 0.5) is 0 Å². The third-order valence-corrected chi connectivity index (χ3v) is 1.95. The fourth-order valence-corrected chi connectivity index (χ4v) is 1.12. The second kappa shape index (κ2) is 8.05. The van der Waals surface area contributed by atoms with Gasteiger partial charge in [0, 0.05) is 0 Å². The molecule has 0 aromatic rings. The number of hydrogen-bond donors (Lipinski definition) is 5. The first-order chi connectivity index (χ1) is 6.99. The Labute approximate surface area is 102 Å². The molecule has 0 bridgehead atoms. The predicted molar refractivity (Wildman–Crippen MR) is 53.1 cm³/mol. The van der Waals surface area contributed by atoms with Gasteiger partial charge in [-0.1, -0.05) is 0 Å². The average molecular weight is 339 g/mol. The second-order valence-corrected chi connectivity index (χ2v) is 6.43. The zero-order valence-electron chi connectivity index (χ0n) is 7.59. The molecule has 90 valence electrons. The Balaban J connectivity index is 0.000000583. The molecule has 0 aliphatic carbocycles. The van der Waals surface area contributed by atoms with Gasteiger partial charge >= 0.3 is 34.6 Å². The fraction of sp³-hybridized carbons (Fsp3) is 1.00. The van der Waals surface area contributed by atoms with Crippen molar-refractivity contribution in [1.29, 1.82) is 0 Å². The standard InChI is InChI=1S/C6H13NO5.Mo.2S/c7-3-5(10)4(9)2(1-8)12-6(3)11;;;/h2-6,8-11H,1,7H2;;;/t2-,3-,4+,5-,6?;;;/m1.../s1. The van der Waals surface area contributed by atoms with Crippen molar-refractivity contribution in [2.45, 2.75) is 30.6 Å². The van der Waals surface area contributed by atoms with E-state index in [2.05, 4.69) is 19.6 Å². The number of rotatable bonds is 1. The summed E-state index contributed by atoms with van der Waals surface area (Å²) in [5.41, 5.74) is 5.26. The number of aliphatic hydroxyl groups excluding tert-OH is 4. The molecule has 0 spiro atoms.